The minimum Gasteiger partial charge on any atom is -0.330 e. The SMILES string of the molecule is CC(CN)C1c2c(cnn2C)CCC1C. The van der Waals surface area contributed by atoms with Gasteiger partial charge in [0.1, 0.15) is 0 Å². The van der Waals surface area contributed by atoms with Crippen molar-refractivity contribution in [1.29, 1.82) is 0 Å². The van der Waals surface area contributed by atoms with E-state index >= 15 is 0 Å². The lowest BCUT2D eigenvalue weighted by Crippen LogP contribution is -2.29. The molecule has 0 spiro atoms. The molecule has 1 aromatic heterocycles. The first-order valence-corrected chi connectivity index (χ1v) is 5.86. The molecule has 0 amide bonds. The van der Waals surface area contributed by atoms with Crippen LogP contribution >= 0.6 is 0 Å². The van der Waals surface area contributed by atoms with Gasteiger partial charge < -0.3 is 5.73 Å². The van der Waals surface area contributed by atoms with Crippen molar-refractivity contribution in [3.05, 3.63) is 17.5 Å². The minimum absolute atomic E-state index is 0.550. The zero-order valence-electron chi connectivity index (χ0n) is 9.90. The number of hydrogen-bond acceptors (Lipinski definition) is 2. The molecule has 3 heteroatoms. The Morgan fingerprint density at radius 2 is 2.40 bits per heavy atom. The summed E-state index contributed by atoms with van der Waals surface area (Å²) in [5.41, 5.74) is 8.67. The molecular weight excluding hydrogens is 186 g/mol. The predicted molar refractivity (Wildman–Crippen MR) is 61.7 cm³/mol. The van der Waals surface area contributed by atoms with Crippen LogP contribution in [0.25, 0.3) is 0 Å². The van der Waals surface area contributed by atoms with E-state index in [0.717, 1.165) is 12.5 Å². The summed E-state index contributed by atoms with van der Waals surface area (Å²) in [5, 5.41) is 4.38. The first-order valence-electron chi connectivity index (χ1n) is 5.86. The van der Waals surface area contributed by atoms with Crippen molar-refractivity contribution in [2.45, 2.75) is 32.6 Å². The van der Waals surface area contributed by atoms with Crippen LogP contribution in [-0.2, 0) is 13.5 Å². The van der Waals surface area contributed by atoms with Crippen LogP contribution in [-0.4, -0.2) is 16.3 Å². The highest BCUT2D eigenvalue weighted by atomic mass is 15.3. The van der Waals surface area contributed by atoms with Gasteiger partial charge in [-0.3, -0.25) is 4.68 Å². The molecule has 0 radical (unpaired) electrons. The topological polar surface area (TPSA) is 43.8 Å². The largest absolute Gasteiger partial charge is 0.330 e. The summed E-state index contributed by atoms with van der Waals surface area (Å²) in [4.78, 5) is 0. The standard InChI is InChI=1S/C12H21N3/c1-8-4-5-10-7-14-15(3)12(10)11(8)9(2)6-13/h7-9,11H,4-6,13H2,1-3H3. The molecule has 3 atom stereocenters. The molecule has 0 saturated carbocycles. The molecule has 1 aliphatic carbocycles. The first-order chi connectivity index (χ1) is 7.15. The Morgan fingerprint density at radius 1 is 1.67 bits per heavy atom. The van der Waals surface area contributed by atoms with E-state index in [-0.39, 0.29) is 0 Å². The van der Waals surface area contributed by atoms with Crippen LogP contribution in [0.3, 0.4) is 0 Å². The van der Waals surface area contributed by atoms with Crippen LogP contribution in [0.1, 0.15) is 37.4 Å². The maximum atomic E-state index is 5.81. The average molecular weight is 207 g/mol. The van der Waals surface area contributed by atoms with Gasteiger partial charge in [-0.05, 0) is 36.8 Å². The number of hydrogen-bond donors (Lipinski definition) is 1. The molecule has 2 N–H and O–H groups in total. The molecule has 1 heterocycles. The van der Waals surface area contributed by atoms with Crippen molar-refractivity contribution in [1.82, 2.24) is 9.78 Å². The Balaban J connectivity index is 2.40. The Morgan fingerprint density at radius 3 is 3.07 bits per heavy atom. The van der Waals surface area contributed by atoms with Crippen LogP contribution in [0.15, 0.2) is 6.20 Å². The average Bonchev–Trinajstić information content (AvgIpc) is 2.60. The second-order valence-electron chi connectivity index (χ2n) is 4.93. The van der Waals surface area contributed by atoms with Gasteiger partial charge in [0.2, 0.25) is 0 Å². The molecule has 0 aromatic carbocycles. The Labute approximate surface area is 91.7 Å². The third-order valence-electron chi connectivity index (χ3n) is 3.85. The molecule has 0 fully saturated rings. The summed E-state index contributed by atoms with van der Waals surface area (Å²) >= 11 is 0. The number of aromatic nitrogens is 2. The van der Waals surface area contributed by atoms with Crippen molar-refractivity contribution < 1.29 is 0 Å². The Kier molecular flexibility index (Phi) is 2.83. The van der Waals surface area contributed by atoms with Crippen LogP contribution in [0.5, 0.6) is 0 Å². The third kappa shape index (κ3) is 1.69. The number of rotatable bonds is 2. The molecule has 2 rings (SSSR count). The molecule has 15 heavy (non-hydrogen) atoms. The maximum absolute atomic E-state index is 5.81. The van der Waals surface area contributed by atoms with Gasteiger partial charge in [-0.25, -0.2) is 0 Å². The molecule has 3 unspecified atom stereocenters. The second kappa shape index (κ2) is 3.97. The first kappa shape index (κ1) is 10.7. The van der Waals surface area contributed by atoms with E-state index in [9.17, 15) is 0 Å². The summed E-state index contributed by atoms with van der Waals surface area (Å²) < 4.78 is 2.04. The van der Waals surface area contributed by atoms with Gasteiger partial charge in [0, 0.05) is 18.7 Å². The molecule has 84 valence electrons. The van der Waals surface area contributed by atoms with Crippen LogP contribution in [0.4, 0.5) is 0 Å². The molecule has 3 nitrogen and oxygen atoms in total. The van der Waals surface area contributed by atoms with Crippen molar-refractivity contribution in [2.24, 2.45) is 24.6 Å². The third-order valence-corrected chi connectivity index (χ3v) is 3.85. The summed E-state index contributed by atoms with van der Waals surface area (Å²) in [6.07, 6.45) is 4.48. The second-order valence-corrected chi connectivity index (χ2v) is 4.93. The van der Waals surface area contributed by atoms with E-state index in [1.807, 2.05) is 17.9 Å². The van der Waals surface area contributed by atoms with E-state index in [0.29, 0.717) is 11.8 Å². The quantitative estimate of drug-likeness (QED) is 0.802. The predicted octanol–water partition coefficient (Wildman–Crippen LogP) is 1.68. The molecular formula is C12H21N3. The van der Waals surface area contributed by atoms with E-state index < -0.39 is 0 Å². The lowest BCUT2D eigenvalue weighted by atomic mass is 9.73. The molecule has 0 bridgehead atoms. The van der Waals surface area contributed by atoms with Gasteiger partial charge in [0.15, 0.2) is 0 Å². The highest BCUT2D eigenvalue weighted by Gasteiger charge is 2.32. The van der Waals surface area contributed by atoms with E-state index in [2.05, 4.69) is 18.9 Å². The lowest BCUT2D eigenvalue weighted by molar-refractivity contribution is 0.301. The number of nitrogens with zero attached hydrogens (tertiary/aromatic N) is 2. The van der Waals surface area contributed by atoms with Crippen LogP contribution in [0.2, 0.25) is 0 Å². The molecule has 0 saturated heterocycles. The lowest BCUT2D eigenvalue weighted by Gasteiger charge is -2.33. The number of fused-ring (bicyclic) bond motifs is 1. The van der Waals surface area contributed by atoms with Crippen molar-refractivity contribution in [3.8, 4) is 0 Å². The number of nitrogens with two attached hydrogens (primary N) is 1. The summed E-state index contributed by atoms with van der Waals surface area (Å²) in [7, 11) is 2.05. The van der Waals surface area contributed by atoms with Crippen molar-refractivity contribution in [3.63, 3.8) is 0 Å². The highest BCUT2D eigenvalue weighted by Crippen LogP contribution is 2.40. The highest BCUT2D eigenvalue weighted by molar-refractivity contribution is 5.26. The smallest absolute Gasteiger partial charge is 0.0524 e. The summed E-state index contributed by atoms with van der Waals surface area (Å²) in [5.74, 6) is 1.87. The normalized spacial score (nSPS) is 27.5. The van der Waals surface area contributed by atoms with Gasteiger partial charge in [-0.1, -0.05) is 13.8 Å². The fourth-order valence-electron chi connectivity index (χ4n) is 2.92. The van der Waals surface area contributed by atoms with Gasteiger partial charge in [-0.15, -0.1) is 0 Å². The van der Waals surface area contributed by atoms with Crippen LogP contribution < -0.4 is 5.73 Å². The number of aryl methyl sites for hydroxylation is 2. The van der Waals surface area contributed by atoms with Gasteiger partial charge in [0.25, 0.3) is 0 Å². The minimum atomic E-state index is 0.550. The fraction of sp³-hybridized carbons (Fsp3) is 0.750. The summed E-state index contributed by atoms with van der Waals surface area (Å²) in [6.45, 7) is 5.36. The Bertz CT molecular complexity index is 343. The Hall–Kier alpha value is -0.830. The zero-order chi connectivity index (χ0) is 11.0. The van der Waals surface area contributed by atoms with Crippen molar-refractivity contribution in [2.75, 3.05) is 6.54 Å². The zero-order valence-corrected chi connectivity index (χ0v) is 9.90. The van der Waals surface area contributed by atoms with E-state index in [1.54, 1.807) is 0 Å². The molecule has 1 aliphatic rings. The fourth-order valence-corrected chi connectivity index (χ4v) is 2.92. The summed E-state index contributed by atoms with van der Waals surface area (Å²) in [6, 6.07) is 0. The monoisotopic (exact) mass is 207 g/mol. The van der Waals surface area contributed by atoms with Crippen LogP contribution in [0, 0.1) is 11.8 Å². The maximum Gasteiger partial charge on any atom is 0.0524 e. The molecule has 0 aliphatic heterocycles. The van der Waals surface area contributed by atoms with Gasteiger partial charge in [-0.2, -0.15) is 5.10 Å². The van der Waals surface area contributed by atoms with E-state index in [4.69, 9.17) is 5.73 Å². The van der Waals surface area contributed by atoms with Gasteiger partial charge in [0.05, 0.1) is 6.20 Å². The van der Waals surface area contributed by atoms with E-state index in [1.165, 1.54) is 24.1 Å². The van der Waals surface area contributed by atoms with Gasteiger partial charge >= 0.3 is 0 Å². The molecule has 1 aromatic rings. The van der Waals surface area contributed by atoms with Crippen molar-refractivity contribution >= 4 is 0 Å².